The fourth-order valence-corrected chi connectivity index (χ4v) is 1.47. The molecule has 1 unspecified atom stereocenters. The number of unbranched alkanes of at least 4 members (excludes halogenated alkanes) is 1. The van der Waals surface area contributed by atoms with Gasteiger partial charge in [-0.05, 0) is 18.6 Å². The zero-order valence-corrected chi connectivity index (χ0v) is 11.5. The van der Waals surface area contributed by atoms with Gasteiger partial charge in [0.15, 0.2) is 0 Å². The Hall–Kier alpha value is -1.84. The van der Waals surface area contributed by atoms with Crippen molar-refractivity contribution in [3.8, 4) is 0 Å². The number of nitrogens with one attached hydrogen (secondary N) is 1. The lowest BCUT2D eigenvalue weighted by atomic mass is 10.1. The molecule has 0 bridgehead atoms. The van der Waals surface area contributed by atoms with Crippen molar-refractivity contribution in [3.05, 3.63) is 30.3 Å². The predicted octanol–water partition coefficient (Wildman–Crippen LogP) is 2.99. The number of anilines is 1. The molecule has 19 heavy (non-hydrogen) atoms. The molecule has 1 amide bonds. The zero-order valence-electron chi connectivity index (χ0n) is 11.5. The Morgan fingerprint density at radius 1 is 1.26 bits per heavy atom. The smallest absolute Gasteiger partial charge is 0.305 e. The van der Waals surface area contributed by atoms with E-state index >= 15 is 0 Å². The molecular weight excluding hydrogens is 242 g/mol. The van der Waals surface area contributed by atoms with E-state index in [1.807, 2.05) is 37.3 Å². The molecule has 1 atom stereocenters. The molecule has 104 valence electrons. The van der Waals surface area contributed by atoms with Crippen molar-refractivity contribution in [3.63, 3.8) is 0 Å². The van der Waals surface area contributed by atoms with Crippen molar-refractivity contribution in [2.24, 2.45) is 5.92 Å². The second kappa shape index (κ2) is 8.29. The molecule has 0 heterocycles. The average Bonchev–Trinajstić information content (AvgIpc) is 2.43. The molecule has 0 saturated carbocycles. The number of esters is 1. The van der Waals surface area contributed by atoms with Crippen LogP contribution in [0.4, 0.5) is 5.69 Å². The van der Waals surface area contributed by atoms with E-state index in [2.05, 4.69) is 5.32 Å². The third-order valence-electron chi connectivity index (χ3n) is 2.72. The molecule has 0 aliphatic heterocycles. The molecule has 0 spiro atoms. The van der Waals surface area contributed by atoms with Gasteiger partial charge < -0.3 is 10.1 Å². The third kappa shape index (κ3) is 6.04. The minimum atomic E-state index is -0.356. The van der Waals surface area contributed by atoms with Crippen LogP contribution in [0.5, 0.6) is 0 Å². The van der Waals surface area contributed by atoms with Crippen molar-refractivity contribution >= 4 is 17.6 Å². The van der Waals surface area contributed by atoms with Crippen LogP contribution in [0, 0.1) is 5.92 Å². The lowest BCUT2D eigenvalue weighted by molar-refractivity contribution is -0.145. The number of para-hydroxylation sites is 1. The third-order valence-corrected chi connectivity index (χ3v) is 2.72. The Kier molecular flexibility index (Phi) is 6.64. The van der Waals surface area contributed by atoms with Crippen molar-refractivity contribution in [1.82, 2.24) is 0 Å². The van der Waals surface area contributed by atoms with Gasteiger partial charge in [-0.3, -0.25) is 9.59 Å². The molecule has 0 aromatic heterocycles. The van der Waals surface area contributed by atoms with E-state index < -0.39 is 0 Å². The van der Waals surface area contributed by atoms with Crippen molar-refractivity contribution in [2.75, 3.05) is 11.9 Å². The molecule has 1 aromatic rings. The van der Waals surface area contributed by atoms with E-state index in [9.17, 15) is 9.59 Å². The lowest BCUT2D eigenvalue weighted by Crippen LogP contribution is -2.25. The summed E-state index contributed by atoms with van der Waals surface area (Å²) in [7, 11) is 0. The van der Waals surface area contributed by atoms with Crippen LogP contribution in [0.3, 0.4) is 0 Å². The Labute approximate surface area is 114 Å². The van der Waals surface area contributed by atoms with Gasteiger partial charge in [-0.25, -0.2) is 0 Å². The van der Waals surface area contributed by atoms with Gasteiger partial charge in [0.25, 0.3) is 0 Å². The predicted molar refractivity (Wildman–Crippen MR) is 74.7 cm³/mol. The summed E-state index contributed by atoms with van der Waals surface area (Å²) in [6.45, 7) is 3.88. The highest BCUT2D eigenvalue weighted by Crippen LogP contribution is 2.08. The van der Waals surface area contributed by atoms with Crippen LogP contribution < -0.4 is 5.32 Å². The number of carbonyl (C=O) groups excluding carboxylic acids is 2. The van der Waals surface area contributed by atoms with Crippen LogP contribution in [0.1, 0.15) is 33.1 Å². The van der Waals surface area contributed by atoms with Crippen LogP contribution in [0.25, 0.3) is 0 Å². The minimum Gasteiger partial charge on any atom is -0.465 e. The first-order valence-corrected chi connectivity index (χ1v) is 6.65. The summed E-state index contributed by atoms with van der Waals surface area (Å²) < 4.78 is 5.06. The molecule has 4 nitrogen and oxygen atoms in total. The maximum Gasteiger partial charge on any atom is 0.305 e. The van der Waals surface area contributed by atoms with Crippen molar-refractivity contribution in [2.45, 2.75) is 33.1 Å². The summed E-state index contributed by atoms with van der Waals surface area (Å²) in [5.74, 6) is -0.735. The molecule has 1 N–H and O–H groups in total. The van der Waals surface area contributed by atoms with Gasteiger partial charge in [-0.15, -0.1) is 0 Å². The van der Waals surface area contributed by atoms with Gasteiger partial charge in [0, 0.05) is 12.1 Å². The van der Waals surface area contributed by atoms with Gasteiger partial charge in [0.2, 0.25) is 5.91 Å². The first-order valence-electron chi connectivity index (χ1n) is 6.65. The normalized spacial score (nSPS) is 11.7. The maximum atomic E-state index is 11.8. The molecule has 0 aliphatic carbocycles. The van der Waals surface area contributed by atoms with Crippen LogP contribution in [0.15, 0.2) is 30.3 Å². The zero-order chi connectivity index (χ0) is 14.1. The number of hydrogen-bond acceptors (Lipinski definition) is 3. The second-order valence-corrected chi connectivity index (χ2v) is 4.54. The SMILES string of the molecule is CCCCC(=O)OCC(C)C(=O)Nc1ccccc1. The molecule has 0 radical (unpaired) electrons. The minimum absolute atomic E-state index is 0.126. The van der Waals surface area contributed by atoms with Crippen LogP contribution in [0.2, 0.25) is 0 Å². The summed E-state index contributed by atoms with van der Waals surface area (Å²) in [6, 6.07) is 9.22. The molecule has 4 heteroatoms. The summed E-state index contributed by atoms with van der Waals surface area (Å²) >= 11 is 0. The largest absolute Gasteiger partial charge is 0.465 e. The van der Waals surface area contributed by atoms with Crippen molar-refractivity contribution < 1.29 is 14.3 Å². The van der Waals surface area contributed by atoms with Gasteiger partial charge in [-0.2, -0.15) is 0 Å². The quantitative estimate of drug-likeness (QED) is 0.769. The topological polar surface area (TPSA) is 55.4 Å². The number of carbonyl (C=O) groups is 2. The summed E-state index contributed by atoms with van der Waals surface area (Å²) in [4.78, 5) is 23.2. The Bertz CT molecular complexity index is 403. The first-order chi connectivity index (χ1) is 9.13. The highest BCUT2D eigenvalue weighted by molar-refractivity contribution is 5.92. The van der Waals surface area contributed by atoms with Gasteiger partial charge >= 0.3 is 5.97 Å². The first kappa shape index (κ1) is 15.2. The Morgan fingerprint density at radius 2 is 1.95 bits per heavy atom. The summed E-state index contributed by atoms with van der Waals surface area (Å²) in [5.41, 5.74) is 0.747. The van der Waals surface area contributed by atoms with E-state index in [1.54, 1.807) is 6.92 Å². The average molecular weight is 263 g/mol. The van der Waals surface area contributed by atoms with E-state index in [0.717, 1.165) is 18.5 Å². The fraction of sp³-hybridized carbons (Fsp3) is 0.467. The second-order valence-electron chi connectivity index (χ2n) is 4.54. The lowest BCUT2D eigenvalue weighted by Gasteiger charge is -2.12. The number of amides is 1. The monoisotopic (exact) mass is 263 g/mol. The van der Waals surface area contributed by atoms with Crippen LogP contribution in [-0.2, 0) is 14.3 Å². The van der Waals surface area contributed by atoms with E-state index in [0.29, 0.717) is 6.42 Å². The van der Waals surface area contributed by atoms with E-state index in [-0.39, 0.29) is 24.4 Å². The van der Waals surface area contributed by atoms with Crippen LogP contribution in [-0.4, -0.2) is 18.5 Å². The molecule has 1 aromatic carbocycles. The van der Waals surface area contributed by atoms with Crippen LogP contribution >= 0.6 is 0 Å². The Morgan fingerprint density at radius 3 is 2.58 bits per heavy atom. The molecule has 0 saturated heterocycles. The fourth-order valence-electron chi connectivity index (χ4n) is 1.47. The van der Waals surface area contributed by atoms with E-state index in [1.165, 1.54) is 0 Å². The summed E-state index contributed by atoms with van der Waals surface area (Å²) in [5, 5.41) is 2.78. The molecule has 1 rings (SSSR count). The molecular formula is C15H21NO3. The Balaban J connectivity index is 2.31. The van der Waals surface area contributed by atoms with Gasteiger partial charge in [0.1, 0.15) is 6.61 Å². The number of benzene rings is 1. The molecule has 0 aliphatic rings. The number of ether oxygens (including phenoxy) is 1. The van der Waals surface area contributed by atoms with Crippen molar-refractivity contribution in [1.29, 1.82) is 0 Å². The molecule has 0 fully saturated rings. The van der Waals surface area contributed by atoms with Gasteiger partial charge in [0.05, 0.1) is 5.92 Å². The summed E-state index contributed by atoms with van der Waals surface area (Å²) in [6.07, 6.45) is 2.20. The standard InChI is InChI=1S/C15H21NO3/c1-3-4-10-14(17)19-11-12(2)15(18)16-13-8-6-5-7-9-13/h5-9,12H,3-4,10-11H2,1-2H3,(H,16,18). The van der Waals surface area contributed by atoms with E-state index in [4.69, 9.17) is 4.74 Å². The number of rotatable bonds is 7. The highest BCUT2D eigenvalue weighted by atomic mass is 16.5. The van der Waals surface area contributed by atoms with Gasteiger partial charge in [-0.1, -0.05) is 38.5 Å². The maximum absolute atomic E-state index is 11.8. The number of hydrogen-bond donors (Lipinski definition) is 1. The highest BCUT2D eigenvalue weighted by Gasteiger charge is 2.15.